The highest BCUT2D eigenvalue weighted by molar-refractivity contribution is 5.67. The predicted octanol–water partition coefficient (Wildman–Crippen LogP) is 0.912. The van der Waals surface area contributed by atoms with Gasteiger partial charge in [0.1, 0.15) is 18.8 Å². The van der Waals surface area contributed by atoms with Crippen LogP contribution in [-0.2, 0) is 42.8 Å². The van der Waals surface area contributed by atoms with Crippen LogP contribution < -0.4 is 0 Å². The fraction of sp³-hybridized carbons (Fsp3) is 0.611. The lowest BCUT2D eigenvalue weighted by atomic mass is 9.98. The summed E-state index contributed by atoms with van der Waals surface area (Å²) in [6, 6.07) is 0. The van der Waals surface area contributed by atoms with E-state index in [4.69, 9.17) is 28.4 Å². The Morgan fingerprint density at radius 3 is 1.89 bits per heavy atom. The van der Waals surface area contributed by atoms with E-state index in [1.54, 1.807) is 0 Å². The van der Waals surface area contributed by atoms with Gasteiger partial charge in [0, 0.05) is 20.8 Å². The number of carbonyl (C=O) groups excluding carboxylic acids is 3. The molecule has 1 heterocycles. The van der Waals surface area contributed by atoms with E-state index in [9.17, 15) is 14.4 Å². The van der Waals surface area contributed by atoms with Gasteiger partial charge in [-0.25, -0.2) is 0 Å². The summed E-state index contributed by atoms with van der Waals surface area (Å²) in [7, 11) is 0. The molecule has 0 aromatic carbocycles. The smallest absolute Gasteiger partial charge is 0.305 e. The van der Waals surface area contributed by atoms with Crippen LogP contribution in [0.15, 0.2) is 25.3 Å². The lowest BCUT2D eigenvalue weighted by Gasteiger charge is -2.44. The summed E-state index contributed by atoms with van der Waals surface area (Å²) in [4.78, 5) is 34.3. The van der Waals surface area contributed by atoms with Crippen LogP contribution in [0.4, 0.5) is 0 Å². The Bertz CT molecular complexity index is 545. The summed E-state index contributed by atoms with van der Waals surface area (Å²) in [5.41, 5.74) is 0. The minimum atomic E-state index is -1.20. The third-order valence-corrected chi connectivity index (χ3v) is 3.44. The molecule has 0 aromatic heterocycles. The second-order valence-corrected chi connectivity index (χ2v) is 5.70. The topological polar surface area (TPSA) is 107 Å². The minimum absolute atomic E-state index is 0.0896. The van der Waals surface area contributed by atoms with Crippen molar-refractivity contribution in [1.29, 1.82) is 0 Å². The molecule has 0 spiro atoms. The molecule has 1 fully saturated rings. The van der Waals surface area contributed by atoms with Crippen molar-refractivity contribution in [3.05, 3.63) is 25.3 Å². The Kier molecular flexibility index (Phi) is 9.70. The van der Waals surface area contributed by atoms with Gasteiger partial charge in [-0.05, 0) is 0 Å². The van der Waals surface area contributed by atoms with Crippen molar-refractivity contribution < 1.29 is 42.8 Å². The molecule has 27 heavy (non-hydrogen) atoms. The molecule has 1 rings (SSSR count). The molecule has 1 aliphatic heterocycles. The number of hydrogen-bond donors (Lipinski definition) is 0. The molecule has 3 unspecified atom stereocenters. The number of carbonyl (C=O) groups is 3. The maximum Gasteiger partial charge on any atom is 0.305 e. The van der Waals surface area contributed by atoms with Gasteiger partial charge >= 0.3 is 17.9 Å². The van der Waals surface area contributed by atoms with Crippen molar-refractivity contribution in [3.8, 4) is 0 Å². The van der Waals surface area contributed by atoms with Crippen LogP contribution in [0.3, 0.4) is 0 Å². The summed E-state index contributed by atoms with van der Waals surface area (Å²) >= 11 is 0. The van der Waals surface area contributed by atoms with Gasteiger partial charge in [-0.1, -0.05) is 12.2 Å². The predicted molar refractivity (Wildman–Crippen MR) is 92.5 cm³/mol. The highest BCUT2D eigenvalue weighted by Crippen LogP contribution is 2.29. The van der Waals surface area contributed by atoms with Crippen molar-refractivity contribution in [2.75, 3.05) is 19.8 Å². The van der Waals surface area contributed by atoms with E-state index in [0.29, 0.717) is 0 Å². The molecule has 0 radical (unpaired) electrons. The molecular formula is C18H26O9. The highest BCUT2D eigenvalue weighted by Gasteiger charge is 2.51. The monoisotopic (exact) mass is 386 g/mol. The van der Waals surface area contributed by atoms with Gasteiger partial charge in [0.15, 0.2) is 12.2 Å². The van der Waals surface area contributed by atoms with E-state index >= 15 is 0 Å². The second-order valence-electron chi connectivity index (χ2n) is 5.70. The van der Waals surface area contributed by atoms with Gasteiger partial charge in [0.25, 0.3) is 0 Å². The van der Waals surface area contributed by atoms with Gasteiger partial charge in [-0.2, -0.15) is 0 Å². The zero-order chi connectivity index (χ0) is 20.4. The van der Waals surface area contributed by atoms with Crippen molar-refractivity contribution in [3.63, 3.8) is 0 Å². The highest BCUT2D eigenvalue weighted by atomic mass is 16.7. The number of hydrogen-bond acceptors (Lipinski definition) is 9. The first-order chi connectivity index (χ1) is 12.8. The standard InChI is InChI=1S/C18H26O9/c1-6-8-22-15-14(10-24-11(3)19)27-18(26-13(5)21)17(23-9-7-2)16(15)25-12(4)20/h6-7,14-18H,1-2,8-10H2,3-5H3/t14-,15?,16?,17-,18?/m1/s1. The van der Waals surface area contributed by atoms with Crippen LogP contribution in [-0.4, -0.2) is 68.4 Å². The summed E-state index contributed by atoms with van der Waals surface area (Å²) in [5.74, 6) is -1.74. The molecule has 1 saturated heterocycles. The van der Waals surface area contributed by atoms with Crippen LogP contribution in [0.5, 0.6) is 0 Å². The fourth-order valence-electron chi connectivity index (χ4n) is 2.53. The first-order valence-corrected chi connectivity index (χ1v) is 8.38. The Morgan fingerprint density at radius 1 is 0.852 bits per heavy atom. The third kappa shape index (κ3) is 7.49. The van der Waals surface area contributed by atoms with Crippen LogP contribution in [0.25, 0.3) is 0 Å². The van der Waals surface area contributed by atoms with Crippen LogP contribution in [0.2, 0.25) is 0 Å². The lowest BCUT2D eigenvalue weighted by Crippen LogP contribution is -2.62. The molecule has 0 bridgehead atoms. The molecule has 0 aliphatic carbocycles. The van der Waals surface area contributed by atoms with E-state index in [1.165, 1.54) is 32.9 Å². The summed E-state index contributed by atoms with van der Waals surface area (Å²) in [6.45, 7) is 10.8. The van der Waals surface area contributed by atoms with E-state index in [-0.39, 0.29) is 19.8 Å². The van der Waals surface area contributed by atoms with Crippen LogP contribution >= 0.6 is 0 Å². The van der Waals surface area contributed by atoms with E-state index in [0.717, 1.165) is 0 Å². The molecule has 5 atom stereocenters. The van der Waals surface area contributed by atoms with E-state index < -0.39 is 48.6 Å². The average Bonchev–Trinajstić information content (AvgIpc) is 2.57. The maximum absolute atomic E-state index is 11.6. The zero-order valence-electron chi connectivity index (χ0n) is 15.8. The number of rotatable bonds is 10. The maximum atomic E-state index is 11.6. The van der Waals surface area contributed by atoms with Crippen LogP contribution in [0.1, 0.15) is 20.8 Å². The largest absolute Gasteiger partial charge is 0.463 e. The lowest BCUT2D eigenvalue weighted by molar-refractivity contribution is -0.306. The molecule has 9 heteroatoms. The average molecular weight is 386 g/mol. The van der Waals surface area contributed by atoms with Crippen molar-refractivity contribution in [1.82, 2.24) is 0 Å². The summed E-state index contributed by atoms with van der Waals surface area (Å²) < 4.78 is 32.6. The van der Waals surface area contributed by atoms with E-state index in [1.807, 2.05) is 0 Å². The molecular weight excluding hydrogens is 360 g/mol. The Labute approximate surface area is 158 Å². The molecule has 0 aromatic rings. The van der Waals surface area contributed by atoms with Crippen molar-refractivity contribution in [2.45, 2.75) is 51.5 Å². The van der Waals surface area contributed by atoms with Gasteiger partial charge in [0.05, 0.1) is 13.2 Å². The minimum Gasteiger partial charge on any atom is -0.463 e. The fourth-order valence-corrected chi connectivity index (χ4v) is 2.53. The Hall–Kier alpha value is -2.23. The second kappa shape index (κ2) is 11.5. The summed E-state index contributed by atoms with van der Waals surface area (Å²) in [6.07, 6.45) is -1.89. The van der Waals surface area contributed by atoms with Crippen molar-refractivity contribution >= 4 is 17.9 Å². The van der Waals surface area contributed by atoms with Crippen LogP contribution in [0, 0.1) is 0 Å². The van der Waals surface area contributed by atoms with Gasteiger partial charge in [0.2, 0.25) is 6.29 Å². The normalized spacial score (nSPS) is 27.3. The third-order valence-electron chi connectivity index (χ3n) is 3.44. The summed E-state index contributed by atoms with van der Waals surface area (Å²) in [5, 5.41) is 0. The van der Waals surface area contributed by atoms with Gasteiger partial charge in [-0.3, -0.25) is 14.4 Å². The first kappa shape index (κ1) is 22.8. The van der Waals surface area contributed by atoms with Gasteiger partial charge in [-0.15, -0.1) is 13.2 Å². The SMILES string of the molecule is C=CCOC1C(OC(C)=O)[C@@H](OCC=C)C(OC(C)=O)O[C@@H]1COC(C)=O. The van der Waals surface area contributed by atoms with Gasteiger partial charge < -0.3 is 28.4 Å². The van der Waals surface area contributed by atoms with E-state index in [2.05, 4.69) is 13.2 Å². The molecule has 9 nitrogen and oxygen atoms in total. The Morgan fingerprint density at radius 2 is 1.41 bits per heavy atom. The number of ether oxygens (including phenoxy) is 6. The Balaban J connectivity index is 3.20. The molecule has 152 valence electrons. The molecule has 0 saturated carbocycles. The molecule has 0 N–H and O–H groups in total. The zero-order valence-corrected chi connectivity index (χ0v) is 15.8. The first-order valence-electron chi connectivity index (χ1n) is 8.38. The number of esters is 3. The molecule has 0 amide bonds. The molecule has 1 aliphatic rings. The van der Waals surface area contributed by atoms with Crippen molar-refractivity contribution in [2.24, 2.45) is 0 Å². The quantitative estimate of drug-likeness (QED) is 0.308.